The van der Waals surface area contributed by atoms with E-state index in [9.17, 15) is 15.0 Å². The van der Waals surface area contributed by atoms with Crippen molar-refractivity contribution >= 4 is 21.9 Å². The maximum absolute atomic E-state index is 11.7. The van der Waals surface area contributed by atoms with Gasteiger partial charge in [-0.3, -0.25) is 0 Å². The van der Waals surface area contributed by atoms with Gasteiger partial charge >= 0.3 is 5.63 Å². The van der Waals surface area contributed by atoms with Gasteiger partial charge < -0.3 is 28.5 Å². The minimum Gasteiger partial charge on any atom is -0.489 e. The SMILES string of the molecule is C=CC(O)C#CC#CC(C=CCCCCCCC)OC(C)(C)C(O)COc1c2ccoc2cc2oc(=O)ccc12. The van der Waals surface area contributed by atoms with E-state index in [0.29, 0.717) is 27.7 Å². The molecule has 3 aromatic rings. The zero-order chi connectivity index (χ0) is 29.0. The Morgan fingerprint density at radius 1 is 1.05 bits per heavy atom. The van der Waals surface area contributed by atoms with Crippen LogP contribution in [0.25, 0.3) is 21.9 Å². The van der Waals surface area contributed by atoms with Crippen molar-refractivity contribution in [1.29, 1.82) is 0 Å². The van der Waals surface area contributed by atoms with Gasteiger partial charge in [-0.1, -0.05) is 63.2 Å². The summed E-state index contributed by atoms with van der Waals surface area (Å²) in [5.74, 6) is 11.3. The van der Waals surface area contributed by atoms with Crippen LogP contribution in [0.4, 0.5) is 0 Å². The van der Waals surface area contributed by atoms with Crippen LogP contribution in [0.5, 0.6) is 5.75 Å². The first-order chi connectivity index (χ1) is 19.2. The van der Waals surface area contributed by atoms with Crippen LogP contribution in [0, 0.1) is 23.7 Å². The molecular weight excluding hydrogens is 508 g/mol. The van der Waals surface area contributed by atoms with Gasteiger partial charge in [-0.25, -0.2) is 4.79 Å². The second-order valence-corrected chi connectivity index (χ2v) is 10.0. The van der Waals surface area contributed by atoms with Crippen LogP contribution < -0.4 is 10.4 Å². The number of benzene rings is 1. The zero-order valence-corrected chi connectivity index (χ0v) is 23.4. The second-order valence-electron chi connectivity index (χ2n) is 10.0. The summed E-state index contributed by atoms with van der Waals surface area (Å²) in [6.45, 7) is 9.11. The topological polar surface area (TPSA) is 102 Å². The summed E-state index contributed by atoms with van der Waals surface area (Å²) in [7, 11) is 0. The number of allylic oxidation sites excluding steroid dienone is 1. The molecule has 1 aromatic carbocycles. The van der Waals surface area contributed by atoms with E-state index in [1.54, 1.807) is 32.0 Å². The summed E-state index contributed by atoms with van der Waals surface area (Å²) in [5.41, 5.74) is -0.706. The molecule has 2 heterocycles. The van der Waals surface area contributed by atoms with Gasteiger partial charge in [0.1, 0.15) is 41.8 Å². The molecule has 3 atom stereocenters. The first-order valence-electron chi connectivity index (χ1n) is 13.7. The van der Waals surface area contributed by atoms with E-state index in [2.05, 4.69) is 37.2 Å². The molecule has 0 radical (unpaired) electrons. The largest absolute Gasteiger partial charge is 0.489 e. The smallest absolute Gasteiger partial charge is 0.336 e. The normalized spacial score (nSPS) is 13.8. The molecule has 3 unspecified atom stereocenters. The van der Waals surface area contributed by atoms with Gasteiger partial charge in [-0.15, -0.1) is 0 Å². The fourth-order valence-electron chi connectivity index (χ4n) is 4.01. The van der Waals surface area contributed by atoms with E-state index in [4.69, 9.17) is 18.3 Å². The van der Waals surface area contributed by atoms with Crippen molar-refractivity contribution in [3.63, 3.8) is 0 Å². The van der Waals surface area contributed by atoms with E-state index >= 15 is 0 Å². The third kappa shape index (κ3) is 8.89. The van der Waals surface area contributed by atoms with E-state index in [1.165, 1.54) is 44.1 Å². The Bertz CT molecular complexity index is 1470. The zero-order valence-electron chi connectivity index (χ0n) is 23.4. The predicted molar refractivity (Wildman–Crippen MR) is 157 cm³/mol. The molecule has 2 N–H and O–H groups in total. The molecule has 212 valence electrons. The lowest BCUT2D eigenvalue weighted by Crippen LogP contribution is -2.44. The quantitative estimate of drug-likeness (QED) is 0.112. The Hall–Kier alpha value is -3.75. The van der Waals surface area contributed by atoms with E-state index < -0.39 is 29.5 Å². The standard InChI is InChI=1S/C33H38O7/c1-5-7-8-9-10-11-12-16-25(17-14-13-15-24(34)6-2)40-33(3,4)30(35)23-38-32-26-18-19-31(36)39-29(26)22-28-27(32)20-21-37-28/h6,12,16,18-22,24-25,30,34-35H,2,5,7-11,23H2,1,3-4H3. The predicted octanol–water partition coefficient (Wildman–Crippen LogP) is 5.91. The van der Waals surface area contributed by atoms with Crippen molar-refractivity contribution in [2.75, 3.05) is 6.61 Å². The monoisotopic (exact) mass is 546 g/mol. The average molecular weight is 547 g/mol. The number of unbranched alkanes of at least 4 members (excludes halogenated alkanes) is 5. The van der Waals surface area contributed by atoms with Crippen molar-refractivity contribution in [3.8, 4) is 29.4 Å². The van der Waals surface area contributed by atoms with Crippen LogP contribution in [0.15, 0.2) is 69.0 Å². The summed E-state index contributed by atoms with van der Waals surface area (Å²) in [6.07, 6.45) is 10.9. The highest BCUT2D eigenvalue weighted by Gasteiger charge is 2.32. The van der Waals surface area contributed by atoms with Crippen molar-refractivity contribution in [1.82, 2.24) is 0 Å². The van der Waals surface area contributed by atoms with Crippen LogP contribution in [-0.2, 0) is 4.74 Å². The van der Waals surface area contributed by atoms with Crippen LogP contribution in [0.3, 0.4) is 0 Å². The molecule has 3 rings (SSSR count). The molecule has 0 aliphatic rings. The third-order valence-electron chi connectivity index (χ3n) is 6.43. The van der Waals surface area contributed by atoms with Crippen molar-refractivity contribution < 1.29 is 28.5 Å². The maximum atomic E-state index is 11.7. The molecule has 0 spiro atoms. The number of aliphatic hydroxyl groups excluding tert-OH is 2. The van der Waals surface area contributed by atoms with Crippen molar-refractivity contribution in [2.45, 2.75) is 83.2 Å². The Labute approximate surface area is 235 Å². The van der Waals surface area contributed by atoms with Crippen molar-refractivity contribution in [2.24, 2.45) is 0 Å². The van der Waals surface area contributed by atoms with E-state index in [0.717, 1.165) is 12.8 Å². The molecule has 0 amide bonds. The molecule has 0 bridgehead atoms. The van der Waals surface area contributed by atoms with Gasteiger partial charge in [-0.05, 0) is 56.7 Å². The highest BCUT2D eigenvalue weighted by Crippen LogP contribution is 2.35. The summed E-state index contributed by atoms with van der Waals surface area (Å²) in [4.78, 5) is 11.7. The number of furan rings is 1. The average Bonchev–Trinajstić information content (AvgIpc) is 3.40. The molecule has 7 heteroatoms. The summed E-state index contributed by atoms with van der Waals surface area (Å²) >= 11 is 0. The van der Waals surface area contributed by atoms with E-state index in [-0.39, 0.29) is 6.61 Å². The number of fused-ring (bicyclic) bond motifs is 2. The Morgan fingerprint density at radius 2 is 1.80 bits per heavy atom. The molecule has 2 aromatic heterocycles. The molecule has 7 nitrogen and oxygen atoms in total. The molecule has 0 saturated carbocycles. The second kappa shape index (κ2) is 15.1. The Balaban J connectivity index is 1.73. The number of ether oxygens (including phenoxy) is 2. The van der Waals surface area contributed by atoms with Gasteiger partial charge in [0.15, 0.2) is 0 Å². The number of aliphatic hydroxyl groups is 2. The molecule has 0 aliphatic carbocycles. The molecule has 40 heavy (non-hydrogen) atoms. The molecule has 0 aliphatic heterocycles. The first-order valence-corrected chi connectivity index (χ1v) is 13.7. The fraction of sp³-hybridized carbons (Fsp3) is 0.424. The summed E-state index contributed by atoms with van der Waals surface area (Å²) < 4.78 is 23.1. The first kappa shape index (κ1) is 30.8. The van der Waals surface area contributed by atoms with Gasteiger partial charge in [0, 0.05) is 12.1 Å². The highest BCUT2D eigenvalue weighted by molar-refractivity contribution is 6.01. The van der Waals surface area contributed by atoms with Crippen molar-refractivity contribution in [3.05, 3.63) is 65.8 Å². The minimum absolute atomic E-state index is 0.0991. The fourth-order valence-corrected chi connectivity index (χ4v) is 4.01. The number of rotatable bonds is 14. The lowest BCUT2D eigenvalue weighted by molar-refractivity contribution is -0.118. The van der Waals surface area contributed by atoms with Crippen LogP contribution in [-0.4, -0.2) is 40.7 Å². The van der Waals surface area contributed by atoms with Gasteiger partial charge in [0.2, 0.25) is 0 Å². The third-order valence-corrected chi connectivity index (χ3v) is 6.43. The maximum Gasteiger partial charge on any atom is 0.336 e. The van der Waals surface area contributed by atoms with Crippen LogP contribution >= 0.6 is 0 Å². The summed E-state index contributed by atoms with van der Waals surface area (Å²) in [5, 5.41) is 21.9. The summed E-state index contributed by atoms with van der Waals surface area (Å²) in [6, 6.07) is 6.34. The Kier molecular flexibility index (Phi) is 11.7. The Morgan fingerprint density at radius 3 is 2.58 bits per heavy atom. The lowest BCUT2D eigenvalue weighted by atomic mass is 10.0. The minimum atomic E-state index is -1.05. The van der Waals surface area contributed by atoms with Crippen LogP contribution in [0.1, 0.15) is 59.3 Å². The van der Waals surface area contributed by atoms with Crippen LogP contribution in [0.2, 0.25) is 0 Å². The lowest BCUT2D eigenvalue weighted by Gasteiger charge is -2.32. The van der Waals surface area contributed by atoms with E-state index in [1.807, 2.05) is 12.2 Å². The highest BCUT2D eigenvalue weighted by atomic mass is 16.5. The van der Waals surface area contributed by atoms with Gasteiger partial charge in [0.25, 0.3) is 0 Å². The van der Waals surface area contributed by atoms with Gasteiger partial charge in [-0.2, -0.15) is 0 Å². The number of hydrogen-bond donors (Lipinski definition) is 2. The number of hydrogen-bond acceptors (Lipinski definition) is 7. The molecular formula is C33H38O7. The van der Waals surface area contributed by atoms with Gasteiger partial charge in [0.05, 0.1) is 22.6 Å². The molecule has 0 fully saturated rings. The molecule has 0 saturated heterocycles.